The molecule has 1 aliphatic heterocycles. The molecule has 1 aliphatic rings. The standard InChI is InChI=1S/C18H24F3NO2/c1-3-14(17(23)22-16-8-9-24-12(2)10-16)11-13-4-6-15(7-5-13)18(19,20)21/h4-7,12,14,16H,3,8-11H2,1-2H3,(H,22,23)/t12-,14-,16+/m1/s1. The first-order chi connectivity index (χ1) is 11.3. The lowest BCUT2D eigenvalue weighted by atomic mass is 9.94. The Balaban J connectivity index is 1.94. The number of amides is 1. The van der Waals surface area contributed by atoms with Crippen LogP contribution in [0.15, 0.2) is 24.3 Å². The number of carbonyl (C=O) groups is 1. The van der Waals surface area contributed by atoms with Gasteiger partial charge in [0, 0.05) is 18.6 Å². The zero-order valence-electron chi connectivity index (χ0n) is 14.0. The van der Waals surface area contributed by atoms with E-state index in [2.05, 4.69) is 5.32 Å². The molecule has 1 saturated heterocycles. The van der Waals surface area contributed by atoms with Crippen LogP contribution in [0.25, 0.3) is 0 Å². The van der Waals surface area contributed by atoms with Gasteiger partial charge in [-0.25, -0.2) is 0 Å². The number of rotatable bonds is 5. The number of nitrogens with one attached hydrogen (secondary N) is 1. The maximum Gasteiger partial charge on any atom is 0.416 e. The summed E-state index contributed by atoms with van der Waals surface area (Å²) >= 11 is 0. The summed E-state index contributed by atoms with van der Waals surface area (Å²) in [5.41, 5.74) is 0.0743. The van der Waals surface area contributed by atoms with Crippen molar-refractivity contribution in [2.24, 2.45) is 5.92 Å². The second kappa shape index (κ2) is 8.01. The van der Waals surface area contributed by atoms with Gasteiger partial charge in [0.1, 0.15) is 0 Å². The van der Waals surface area contributed by atoms with Crippen LogP contribution in [0.2, 0.25) is 0 Å². The number of carbonyl (C=O) groups excluding carboxylic acids is 1. The quantitative estimate of drug-likeness (QED) is 0.879. The van der Waals surface area contributed by atoms with Crippen LogP contribution in [0.5, 0.6) is 0 Å². The van der Waals surface area contributed by atoms with Crippen LogP contribution in [0.4, 0.5) is 13.2 Å². The molecule has 1 aromatic carbocycles. The fourth-order valence-electron chi connectivity index (χ4n) is 2.98. The molecule has 0 aromatic heterocycles. The van der Waals surface area contributed by atoms with E-state index in [0.717, 1.165) is 30.5 Å². The van der Waals surface area contributed by atoms with Gasteiger partial charge >= 0.3 is 6.18 Å². The molecule has 24 heavy (non-hydrogen) atoms. The summed E-state index contributed by atoms with van der Waals surface area (Å²) < 4.78 is 43.3. The average Bonchev–Trinajstić information content (AvgIpc) is 2.52. The Kier molecular flexibility index (Phi) is 6.27. The molecule has 134 valence electrons. The average molecular weight is 343 g/mol. The van der Waals surface area contributed by atoms with E-state index >= 15 is 0 Å². The van der Waals surface area contributed by atoms with Crippen molar-refractivity contribution in [3.05, 3.63) is 35.4 Å². The maximum absolute atomic E-state index is 12.6. The number of hydrogen-bond acceptors (Lipinski definition) is 2. The van der Waals surface area contributed by atoms with E-state index in [9.17, 15) is 18.0 Å². The second-order valence-electron chi connectivity index (χ2n) is 6.42. The van der Waals surface area contributed by atoms with Crippen LogP contribution in [-0.4, -0.2) is 24.7 Å². The van der Waals surface area contributed by atoms with Gasteiger partial charge in [0.05, 0.1) is 11.7 Å². The topological polar surface area (TPSA) is 38.3 Å². The summed E-state index contributed by atoms with van der Waals surface area (Å²) in [5, 5.41) is 3.06. The number of ether oxygens (including phenoxy) is 1. The molecule has 0 radical (unpaired) electrons. The Hall–Kier alpha value is -1.56. The first kappa shape index (κ1) is 18.8. The molecule has 1 amide bonds. The third-order valence-corrected chi connectivity index (χ3v) is 4.46. The van der Waals surface area contributed by atoms with E-state index < -0.39 is 11.7 Å². The molecule has 0 aliphatic carbocycles. The minimum atomic E-state index is -4.33. The van der Waals surface area contributed by atoms with Crippen LogP contribution in [0.3, 0.4) is 0 Å². The van der Waals surface area contributed by atoms with Crippen LogP contribution < -0.4 is 5.32 Å². The molecule has 1 heterocycles. The summed E-state index contributed by atoms with van der Waals surface area (Å²) in [5.74, 6) is -0.267. The molecule has 2 rings (SSSR count). The highest BCUT2D eigenvalue weighted by atomic mass is 19.4. The molecular weight excluding hydrogens is 319 g/mol. The Morgan fingerprint density at radius 1 is 1.33 bits per heavy atom. The molecular formula is C18H24F3NO2. The summed E-state index contributed by atoms with van der Waals surface area (Å²) in [6, 6.07) is 5.16. The van der Waals surface area contributed by atoms with Crippen LogP contribution in [0.1, 0.15) is 44.2 Å². The molecule has 0 spiro atoms. The van der Waals surface area contributed by atoms with E-state index in [-0.39, 0.29) is 24.0 Å². The molecule has 1 N–H and O–H groups in total. The number of halogens is 3. The fourth-order valence-corrected chi connectivity index (χ4v) is 2.98. The molecule has 1 fully saturated rings. The molecule has 6 heteroatoms. The zero-order valence-corrected chi connectivity index (χ0v) is 14.0. The fraction of sp³-hybridized carbons (Fsp3) is 0.611. The van der Waals surface area contributed by atoms with E-state index in [0.29, 0.717) is 19.4 Å². The third kappa shape index (κ3) is 5.23. The van der Waals surface area contributed by atoms with Crippen molar-refractivity contribution >= 4 is 5.91 Å². The van der Waals surface area contributed by atoms with Gasteiger partial charge < -0.3 is 10.1 Å². The van der Waals surface area contributed by atoms with E-state index in [1.54, 1.807) is 0 Å². The molecule has 3 nitrogen and oxygen atoms in total. The Bertz CT molecular complexity index is 542. The Morgan fingerprint density at radius 3 is 2.54 bits per heavy atom. The highest BCUT2D eigenvalue weighted by Gasteiger charge is 2.30. The predicted molar refractivity (Wildman–Crippen MR) is 85.5 cm³/mol. The number of alkyl halides is 3. The minimum Gasteiger partial charge on any atom is -0.378 e. The van der Waals surface area contributed by atoms with Crippen molar-refractivity contribution < 1.29 is 22.7 Å². The molecule has 0 unspecified atom stereocenters. The minimum absolute atomic E-state index is 0.0310. The van der Waals surface area contributed by atoms with Gasteiger partial charge in [0.15, 0.2) is 0 Å². The Labute approximate surface area is 140 Å². The first-order valence-corrected chi connectivity index (χ1v) is 8.37. The third-order valence-electron chi connectivity index (χ3n) is 4.46. The largest absolute Gasteiger partial charge is 0.416 e. The number of hydrogen-bond donors (Lipinski definition) is 1. The number of benzene rings is 1. The van der Waals surface area contributed by atoms with E-state index in [4.69, 9.17) is 4.74 Å². The van der Waals surface area contributed by atoms with Gasteiger partial charge in [-0.3, -0.25) is 4.79 Å². The van der Waals surface area contributed by atoms with Crippen molar-refractivity contribution in [3.63, 3.8) is 0 Å². The van der Waals surface area contributed by atoms with Crippen molar-refractivity contribution in [3.8, 4) is 0 Å². The summed E-state index contributed by atoms with van der Waals surface area (Å²) in [4.78, 5) is 12.4. The molecule has 0 saturated carbocycles. The highest BCUT2D eigenvalue weighted by molar-refractivity contribution is 5.79. The molecule has 1 aromatic rings. The van der Waals surface area contributed by atoms with Gasteiger partial charge in [-0.05, 0) is 50.3 Å². The zero-order chi connectivity index (χ0) is 17.7. The van der Waals surface area contributed by atoms with Gasteiger partial charge in [0.2, 0.25) is 5.91 Å². The van der Waals surface area contributed by atoms with Crippen LogP contribution in [-0.2, 0) is 22.1 Å². The van der Waals surface area contributed by atoms with Crippen LogP contribution in [0, 0.1) is 5.92 Å². The van der Waals surface area contributed by atoms with Crippen molar-refractivity contribution in [2.45, 2.75) is 57.9 Å². The first-order valence-electron chi connectivity index (χ1n) is 8.37. The van der Waals surface area contributed by atoms with E-state index in [1.165, 1.54) is 12.1 Å². The van der Waals surface area contributed by atoms with Crippen molar-refractivity contribution in [2.75, 3.05) is 6.61 Å². The molecule has 0 bridgehead atoms. The maximum atomic E-state index is 12.6. The van der Waals surface area contributed by atoms with Crippen LogP contribution >= 0.6 is 0 Å². The second-order valence-corrected chi connectivity index (χ2v) is 6.42. The SMILES string of the molecule is CC[C@H](Cc1ccc(C(F)(F)F)cc1)C(=O)N[C@H]1CCO[C@H](C)C1. The van der Waals surface area contributed by atoms with Gasteiger partial charge in [0.25, 0.3) is 0 Å². The highest BCUT2D eigenvalue weighted by Crippen LogP contribution is 2.29. The lowest BCUT2D eigenvalue weighted by Crippen LogP contribution is -2.44. The van der Waals surface area contributed by atoms with Crippen molar-refractivity contribution in [1.29, 1.82) is 0 Å². The van der Waals surface area contributed by atoms with Crippen molar-refractivity contribution in [1.82, 2.24) is 5.32 Å². The van der Waals surface area contributed by atoms with Gasteiger partial charge in [-0.2, -0.15) is 13.2 Å². The lowest BCUT2D eigenvalue weighted by Gasteiger charge is -2.29. The van der Waals surface area contributed by atoms with E-state index in [1.807, 2.05) is 13.8 Å². The monoisotopic (exact) mass is 343 g/mol. The summed E-state index contributed by atoms with van der Waals surface area (Å²) in [6.07, 6.45) is -1.51. The van der Waals surface area contributed by atoms with Gasteiger partial charge in [-0.15, -0.1) is 0 Å². The smallest absolute Gasteiger partial charge is 0.378 e. The predicted octanol–water partition coefficient (Wildman–Crippen LogP) is 3.96. The lowest BCUT2D eigenvalue weighted by molar-refractivity contribution is -0.137. The molecule has 3 atom stereocenters. The summed E-state index contributed by atoms with van der Waals surface area (Å²) in [6.45, 7) is 4.54. The summed E-state index contributed by atoms with van der Waals surface area (Å²) in [7, 11) is 0. The van der Waals surface area contributed by atoms with Gasteiger partial charge in [-0.1, -0.05) is 19.1 Å². The Morgan fingerprint density at radius 2 is 2.00 bits per heavy atom. The normalized spacial score (nSPS) is 22.9.